The molecule has 1 fully saturated rings. The molecule has 0 bridgehead atoms. The second-order valence-corrected chi connectivity index (χ2v) is 9.73. The van der Waals surface area contributed by atoms with Crippen LogP contribution in [0.2, 0.25) is 0 Å². The molecule has 2 aromatic rings. The van der Waals surface area contributed by atoms with Crippen LogP contribution >= 0.6 is 0 Å². The molecule has 0 saturated carbocycles. The summed E-state index contributed by atoms with van der Waals surface area (Å²) in [4.78, 5) is 35.7. The molecule has 0 aliphatic carbocycles. The van der Waals surface area contributed by atoms with Gasteiger partial charge in [-0.2, -0.15) is 4.31 Å². The maximum absolute atomic E-state index is 13.0. The van der Waals surface area contributed by atoms with E-state index >= 15 is 0 Å². The van der Waals surface area contributed by atoms with Crippen LogP contribution in [0.5, 0.6) is 0 Å². The molecule has 0 unspecified atom stereocenters. The number of sulfonamides is 1. The fraction of sp³-hybridized carbons (Fsp3) is 0.348. The Bertz CT molecular complexity index is 1140. The van der Waals surface area contributed by atoms with Gasteiger partial charge in [0.05, 0.1) is 10.5 Å². The maximum atomic E-state index is 13.0. The number of aryl methyl sites for hydroxylation is 1. The van der Waals surface area contributed by atoms with Crippen molar-refractivity contribution in [3.8, 4) is 0 Å². The second-order valence-electron chi connectivity index (χ2n) is 7.83. The third-order valence-corrected chi connectivity index (χ3v) is 7.22. The van der Waals surface area contributed by atoms with E-state index in [1.165, 1.54) is 23.4 Å². The quantitative estimate of drug-likeness (QED) is 0.597. The summed E-state index contributed by atoms with van der Waals surface area (Å²) in [7, 11) is -3.71. The molecule has 176 valence electrons. The third-order valence-electron chi connectivity index (χ3n) is 5.18. The SMILES string of the molecule is CC(=O)Nc1ccc(NC(=O)COC(=O)c2ccc(C)c(S(=O)(=O)N3CCCCC3)c2)cc1. The number of anilines is 2. The van der Waals surface area contributed by atoms with E-state index < -0.39 is 28.5 Å². The van der Waals surface area contributed by atoms with Gasteiger partial charge < -0.3 is 15.4 Å². The number of nitrogens with zero attached hydrogens (tertiary/aromatic N) is 1. The standard InChI is InChI=1S/C23H27N3O6S/c1-16-6-7-18(14-21(16)33(30,31)26-12-4-3-5-13-26)23(29)32-15-22(28)25-20-10-8-19(9-11-20)24-17(2)27/h6-11,14H,3-5,12-13,15H2,1-2H3,(H,24,27)(H,25,28). The number of hydrogen-bond donors (Lipinski definition) is 2. The van der Waals surface area contributed by atoms with Crippen LogP contribution in [0.15, 0.2) is 47.4 Å². The minimum atomic E-state index is -3.71. The van der Waals surface area contributed by atoms with Crippen molar-refractivity contribution in [2.24, 2.45) is 0 Å². The van der Waals surface area contributed by atoms with Crippen LogP contribution in [0.25, 0.3) is 0 Å². The average Bonchev–Trinajstić information content (AvgIpc) is 2.79. The van der Waals surface area contributed by atoms with E-state index in [0.717, 1.165) is 19.3 Å². The third kappa shape index (κ3) is 6.39. The van der Waals surface area contributed by atoms with Gasteiger partial charge in [0, 0.05) is 31.4 Å². The molecule has 2 N–H and O–H groups in total. The van der Waals surface area contributed by atoms with Gasteiger partial charge in [-0.15, -0.1) is 0 Å². The van der Waals surface area contributed by atoms with E-state index in [-0.39, 0.29) is 16.4 Å². The lowest BCUT2D eigenvalue weighted by Crippen LogP contribution is -2.36. The summed E-state index contributed by atoms with van der Waals surface area (Å²) >= 11 is 0. The van der Waals surface area contributed by atoms with Gasteiger partial charge >= 0.3 is 5.97 Å². The molecule has 10 heteroatoms. The Kier molecular flexibility index (Phi) is 7.83. The topological polar surface area (TPSA) is 122 Å². The number of benzene rings is 2. The average molecular weight is 474 g/mol. The highest BCUT2D eigenvalue weighted by molar-refractivity contribution is 7.89. The molecule has 1 heterocycles. The first kappa shape index (κ1) is 24.4. The Morgan fingerprint density at radius 3 is 2.15 bits per heavy atom. The number of nitrogens with one attached hydrogen (secondary N) is 2. The number of carbonyl (C=O) groups excluding carboxylic acids is 3. The minimum absolute atomic E-state index is 0.0589. The van der Waals surface area contributed by atoms with E-state index in [1.54, 1.807) is 37.3 Å². The van der Waals surface area contributed by atoms with Crippen molar-refractivity contribution in [1.82, 2.24) is 4.31 Å². The monoisotopic (exact) mass is 473 g/mol. The molecule has 1 aliphatic heterocycles. The van der Waals surface area contributed by atoms with Crippen LogP contribution in [0.4, 0.5) is 11.4 Å². The first-order valence-electron chi connectivity index (χ1n) is 10.6. The molecular weight excluding hydrogens is 446 g/mol. The molecule has 3 rings (SSSR count). The minimum Gasteiger partial charge on any atom is -0.452 e. The first-order valence-corrected chi connectivity index (χ1v) is 12.1. The number of carbonyl (C=O) groups is 3. The molecule has 2 amide bonds. The number of amides is 2. The van der Waals surface area contributed by atoms with Crippen molar-refractivity contribution < 1.29 is 27.5 Å². The molecule has 1 aliphatic rings. The fourth-order valence-electron chi connectivity index (χ4n) is 3.50. The zero-order chi connectivity index (χ0) is 24.0. The van der Waals surface area contributed by atoms with Gasteiger partial charge in [0.2, 0.25) is 15.9 Å². The van der Waals surface area contributed by atoms with Crippen molar-refractivity contribution in [2.75, 3.05) is 30.3 Å². The van der Waals surface area contributed by atoms with Crippen LogP contribution < -0.4 is 10.6 Å². The second kappa shape index (κ2) is 10.6. The smallest absolute Gasteiger partial charge is 0.338 e. The fourth-order valence-corrected chi connectivity index (χ4v) is 5.27. The van der Waals surface area contributed by atoms with Crippen LogP contribution in [-0.2, 0) is 24.3 Å². The molecule has 0 atom stereocenters. The summed E-state index contributed by atoms with van der Waals surface area (Å²) in [6, 6.07) is 10.8. The summed E-state index contributed by atoms with van der Waals surface area (Å²) in [5.41, 5.74) is 1.65. The van der Waals surface area contributed by atoms with Crippen molar-refractivity contribution in [3.05, 3.63) is 53.6 Å². The Labute approximate surface area is 193 Å². The van der Waals surface area contributed by atoms with Gasteiger partial charge in [-0.05, 0) is 61.7 Å². The number of ether oxygens (including phenoxy) is 1. The highest BCUT2D eigenvalue weighted by Crippen LogP contribution is 2.24. The Morgan fingerprint density at radius 1 is 0.939 bits per heavy atom. The Morgan fingerprint density at radius 2 is 1.55 bits per heavy atom. The van der Waals surface area contributed by atoms with Crippen molar-refractivity contribution in [2.45, 2.75) is 38.0 Å². The zero-order valence-corrected chi connectivity index (χ0v) is 19.4. The predicted molar refractivity (Wildman–Crippen MR) is 123 cm³/mol. The molecule has 33 heavy (non-hydrogen) atoms. The normalized spacial score (nSPS) is 14.4. The lowest BCUT2D eigenvalue weighted by atomic mass is 10.1. The van der Waals surface area contributed by atoms with Crippen LogP contribution in [0.3, 0.4) is 0 Å². The highest BCUT2D eigenvalue weighted by atomic mass is 32.2. The van der Waals surface area contributed by atoms with Crippen LogP contribution in [0.1, 0.15) is 42.1 Å². The van der Waals surface area contributed by atoms with E-state index in [9.17, 15) is 22.8 Å². The van der Waals surface area contributed by atoms with Crippen molar-refractivity contribution >= 4 is 39.2 Å². The lowest BCUT2D eigenvalue weighted by Gasteiger charge is -2.26. The van der Waals surface area contributed by atoms with Crippen molar-refractivity contribution in [1.29, 1.82) is 0 Å². The van der Waals surface area contributed by atoms with Crippen LogP contribution in [0, 0.1) is 6.92 Å². The van der Waals surface area contributed by atoms with Gasteiger partial charge in [-0.25, -0.2) is 13.2 Å². The number of piperidine rings is 1. The maximum Gasteiger partial charge on any atom is 0.338 e. The summed E-state index contributed by atoms with van der Waals surface area (Å²) < 4.78 is 32.6. The van der Waals surface area contributed by atoms with E-state index in [4.69, 9.17) is 4.74 Å². The summed E-state index contributed by atoms with van der Waals surface area (Å²) in [6.07, 6.45) is 2.62. The van der Waals surface area contributed by atoms with Gasteiger partial charge in [0.15, 0.2) is 6.61 Å². The Balaban J connectivity index is 1.61. The number of esters is 1. The first-order chi connectivity index (χ1) is 15.7. The van der Waals surface area contributed by atoms with E-state index in [0.29, 0.717) is 30.0 Å². The lowest BCUT2D eigenvalue weighted by molar-refractivity contribution is -0.119. The molecule has 2 aromatic carbocycles. The molecule has 0 radical (unpaired) electrons. The molecular formula is C23H27N3O6S. The summed E-state index contributed by atoms with van der Waals surface area (Å²) in [5.74, 6) is -1.55. The number of hydrogen-bond acceptors (Lipinski definition) is 6. The summed E-state index contributed by atoms with van der Waals surface area (Å²) in [5, 5.41) is 5.20. The zero-order valence-electron chi connectivity index (χ0n) is 18.6. The van der Waals surface area contributed by atoms with Gasteiger partial charge in [-0.3, -0.25) is 9.59 Å². The highest BCUT2D eigenvalue weighted by Gasteiger charge is 2.28. The molecule has 1 saturated heterocycles. The largest absolute Gasteiger partial charge is 0.452 e. The van der Waals surface area contributed by atoms with Gasteiger partial charge in [0.25, 0.3) is 5.91 Å². The van der Waals surface area contributed by atoms with Gasteiger partial charge in [0.1, 0.15) is 0 Å². The molecule has 9 nitrogen and oxygen atoms in total. The van der Waals surface area contributed by atoms with Crippen LogP contribution in [-0.4, -0.2) is 50.2 Å². The summed E-state index contributed by atoms with van der Waals surface area (Å²) in [6.45, 7) is 3.46. The van der Waals surface area contributed by atoms with E-state index in [2.05, 4.69) is 10.6 Å². The van der Waals surface area contributed by atoms with Gasteiger partial charge in [-0.1, -0.05) is 12.5 Å². The predicted octanol–water partition coefficient (Wildman–Crippen LogP) is 2.92. The molecule has 0 spiro atoms. The van der Waals surface area contributed by atoms with E-state index in [1.807, 2.05) is 0 Å². The Hall–Kier alpha value is -3.24. The molecule has 0 aromatic heterocycles. The van der Waals surface area contributed by atoms with Crippen molar-refractivity contribution in [3.63, 3.8) is 0 Å². The number of rotatable bonds is 7.